The molecule has 228 valence electrons. The van der Waals surface area contributed by atoms with Gasteiger partial charge in [-0.1, -0.05) is 140 Å². The van der Waals surface area contributed by atoms with E-state index in [2.05, 4.69) is 146 Å². The Balaban J connectivity index is 1.31. The van der Waals surface area contributed by atoms with Crippen molar-refractivity contribution in [1.82, 2.24) is 15.0 Å². The summed E-state index contributed by atoms with van der Waals surface area (Å²) in [7, 11) is 0. The zero-order valence-electron chi connectivity index (χ0n) is 26.3. The second kappa shape index (κ2) is 11.2. The van der Waals surface area contributed by atoms with Crippen molar-refractivity contribution in [2.75, 3.05) is 0 Å². The maximum atomic E-state index is 5.31. The number of benzene rings is 8. The second-order valence-corrected chi connectivity index (χ2v) is 13.5. The summed E-state index contributed by atoms with van der Waals surface area (Å²) < 4.78 is 2.50. The van der Waals surface area contributed by atoms with Gasteiger partial charge in [0.2, 0.25) is 0 Å². The molecular formula is C45H27N3S. The highest BCUT2D eigenvalue weighted by atomic mass is 32.1. The number of rotatable bonds is 4. The highest BCUT2D eigenvalue weighted by molar-refractivity contribution is 7.25. The van der Waals surface area contributed by atoms with Crippen molar-refractivity contribution >= 4 is 63.8 Å². The van der Waals surface area contributed by atoms with E-state index >= 15 is 0 Å². The van der Waals surface area contributed by atoms with Crippen LogP contribution in [0.5, 0.6) is 0 Å². The van der Waals surface area contributed by atoms with Crippen LogP contribution >= 0.6 is 11.3 Å². The van der Waals surface area contributed by atoms with Crippen LogP contribution in [0, 0.1) is 0 Å². The monoisotopic (exact) mass is 641 g/mol. The van der Waals surface area contributed by atoms with E-state index in [0.29, 0.717) is 17.5 Å². The molecule has 49 heavy (non-hydrogen) atoms. The summed E-state index contributed by atoms with van der Waals surface area (Å²) in [5.41, 5.74) is 5.18. The van der Waals surface area contributed by atoms with Gasteiger partial charge in [0, 0.05) is 42.2 Å². The molecule has 10 aromatic rings. The summed E-state index contributed by atoms with van der Waals surface area (Å²) in [6, 6.07) is 58.0. The van der Waals surface area contributed by atoms with Gasteiger partial charge in [-0.3, -0.25) is 0 Å². The van der Waals surface area contributed by atoms with Gasteiger partial charge in [0.1, 0.15) is 0 Å². The standard InChI is InChI=1S/C45H27N3S/c1-3-13-28(14-4-1)31-25-38-34-19-8-7-17-32(34)33-18-9-10-21-37(33)42(38)39(26-31)45-47-43(29-15-5-2-6-16-29)46-44(48-45)30-23-24-36-35-20-11-12-22-40(35)49-41(36)27-30/h1-27H. The molecule has 0 amide bonds. The molecule has 0 aliphatic heterocycles. The van der Waals surface area contributed by atoms with Crippen molar-refractivity contribution in [1.29, 1.82) is 0 Å². The molecule has 0 saturated heterocycles. The lowest BCUT2D eigenvalue weighted by molar-refractivity contribution is 1.08. The largest absolute Gasteiger partial charge is 0.208 e. The van der Waals surface area contributed by atoms with Crippen molar-refractivity contribution in [3.05, 3.63) is 164 Å². The first-order valence-corrected chi connectivity index (χ1v) is 17.3. The molecule has 0 fully saturated rings. The van der Waals surface area contributed by atoms with Crippen LogP contribution in [0.25, 0.3) is 97.8 Å². The summed E-state index contributed by atoms with van der Waals surface area (Å²) in [5.74, 6) is 1.97. The minimum absolute atomic E-state index is 0.653. The third kappa shape index (κ3) is 4.61. The van der Waals surface area contributed by atoms with E-state index in [-0.39, 0.29) is 0 Å². The summed E-state index contributed by atoms with van der Waals surface area (Å²) >= 11 is 1.80. The molecule has 3 nitrogen and oxygen atoms in total. The van der Waals surface area contributed by atoms with Gasteiger partial charge >= 0.3 is 0 Å². The highest BCUT2D eigenvalue weighted by Crippen LogP contribution is 2.43. The molecule has 2 heterocycles. The second-order valence-electron chi connectivity index (χ2n) is 12.4. The molecule has 0 aliphatic rings. The molecule has 0 bridgehead atoms. The van der Waals surface area contributed by atoms with Gasteiger partial charge in [-0.2, -0.15) is 0 Å². The van der Waals surface area contributed by atoms with E-state index in [9.17, 15) is 0 Å². The van der Waals surface area contributed by atoms with Crippen LogP contribution in [0.2, 0.25) is 0 Å². The van der Waals surface area contributed by atoms with Crippen LogP contribution in [0.1, 0.15) is 0 Å². The first kappa shape index (κ1) is 27.8. The van der Waals surface area contributed by atoms with Crippen molar-refractivity contribution in [2.24, 2.45) is 0 Å². The van der Waals surface area contributed by atoms with Gasteiger partial charge in [0.05, 0.1) is 0 Å². The molecule has 8 aromatic carbocycles. The fourth-order valence-corrected chi connectivity index (χ4v) is 8.36. The number of nitrogens with zero attached hydrogens (tertiary/aromatic N) is 3. The molecule has 2 aromatic heterocycles. The van der Waals surface area contributed by atoms with Gasteiger partial charge in [-0.05, 0) is 62.3 Å². The quantitative estimate of drug-likeness (QED) is 0.180. The molecule has 0 spiro atoms. The summed E-state index contributed by atoms with van der Waals surface area (Å²) in [6.45, 7) is 0. The number of hydrogen-bond donors (Lipinski definition) is 0. The fourth-order valence-electron chi connectivity index (χ4n) is 7.21. The highest BCUT2D eigenvalue weighted by Gasteiger charge is 2.20. The first-order valence-electron chi connectivity index (χ1n) is 16.4. The molecular weight excluding hydrogens is 615 g/mol. The topological polar surface area (TPSA) is 38.7 Å². The Morgan fingerprint density at radius 2 is 0.837 bits per heavy atom. The van der Waals surface area contributed by atoms with Crippen molar-refractivity contribution < 1.29 is 0 Å². The van der Waals surface area contributed by atoms with Crippen molar-refractivity contribution in [3.63, 3.8) is 0 Å². The van der Waals surface area contributed by atoms with Crippen LogP contribution in [-0.4, -0.2) is 15.0 Å². The molecule has 0 aliphatic carbocycles. The summed E-state index contributed by atoms with van der Waals surface area (Å²) in [5, 5.41) is 9.70. The summed E-state index contributed by atoms with van der Waals surface area (Å²) in [6.07, 6.45) is 0. The lowest BCUT2D eigenvalue weighted by Gasteiger charge is -2.17. The lowest BCUT2D eigenvalue weighted by Crippen LogP contribution is -2.01. The van der Waals surface area contributed by atoms with Crippen LogP contribution in [0.3, 0.4) is 0 Å². The average molecular weight is 642 g/mol. The fraction of sp³-hybridized carbons (Fsp3) is 0. The average Bonchev–Trinajstić information content (AvgIpc) is 3.56. The van der Waals surface area contributed by atoms with E-state index in [1.165, 1.54) is 47.1 Å². The SMILES string of the molecule is c1ccc(-c2cc(-c3nc(-c4ccccc4)nc(-c4ccc5c(c4)sc4ccccc45)n3)c3c4ccccc4c4ccccc4c3c2)cc1. The Bertz CT molecular complexity index is 2880. The first-order chi connectivity index (χ1) is 24.3. The number of fused-ring (bicyclic) bond motifs is 9. The van der Waals surface area contributed by atoms with Gasteiger partial charge < -0.3 is 0 Å². The lowest BCUT2D eigenvalue weighted by atomic mass is 9.88. The number of aromatic nitrogens is 3. The Kier molecular flexibility index (Phi) is 6.36. The minimum atomic E-state index is 0.653. The van der Waals surface area contributed by atoms with Crippen LogP contribution < -0.4 is 0 Å². The molecule has 4 heteroatoms. The van der Waals surface area contributed by atoms with Crippen LogP contribution in [0.15, 0.2) is 164 Å². The van der Waals surface area contributed by atoms with E-state index in [1.807, 2.05) is 18.2 Å². The minimum Gasteiger partial charge on any atom is -0.208 e. The molecule has 10 rings (SSSR count). The van der Waals surface area contributed by atoms with Crippen LogP contribution in [0.4, 0.5) is 0 Å². The molecule has 0 atom stereocenters. The zero-order chi connectivity index (χ0) is 32.3. The van der Waals surface area contributed by atoms with E-state index in [4.69, 9.17) is 15.0 Å². The predicted octanol–water partition coefficient (Wildman–Crippen LogP) is 12.4. The van der Waals surface area contributed by atoms with Crippen LogP contribution in [-0.2, 0) is 0 Å². The predicted molar refractivity (Wildman–Crippen MR) is 207 cm³/mol. The third-order valence-electron chi connectivity index (χ3n) is 9.49. The van der Waals surface area contributed by atoms with Crippen molar-refractivity contribution in [2.45, 2.75) is 0 Å². The van der Waals surface area contributed by atoms with Gasteiger partial charge in [0.15, 0.2) is 17.5 Å². The van der Waals surface area contributed by atoms with Gasteiger partial charge in [0.25, 0.3) is 0 Å². The molecule has 0 saturated carbocycles. The smallest absolute Gasteiger partial charge is 0.164 e. The maximum Gasteiger partial charge on any atom is 0.164 e. The molecule has 0 unspecified atom stereocenters. The third-order valence-corrected chi connectivity index (χ3v) is 10.6. The Morgan fingerprint density at radius 1 is 0.306 bits per heavy atom. The molecule has 0 radical (unpaired) electrons. The Hall–Kier alpha value is -6.23. The Labute approximate surface area is 286 Å². The zero-order valence-corrected chi connectivity index (χ0v) is 27.2. The van der Waals surface area contributed by atoms with E-state index < -0.39 is 0 Å². The van der Waals surface area contributed by atoms with Crippen molar-refractivity contribution in [3.8, 4) is 45.3 Å². The molecule has 0 N–H and O–H groups in total. The van der Waals surface area contributed by atoms with Gasteiger partial charge in [-0.15, -0.1) is 11.3 Å². The van der Waals surface area contributed by atoms with E-state index in [0.717, 1.165) is 33.2 Å². The normalized spacial score (nSPS) is 11.7. The maximum absolute atomic E-state index is 5.31. The number of thiophene rings is 1. The van der Waals surface area contributed by atoms with Gasteiger partial charge in [-0.25, -0.2) is 15.0 Å². The Morgan fingerprint density at radius 3 is 1.57 bits per heavy atom. The number of hydrogen-bond acceptors (Lipinski definition) is 4. The summed E-state index contributed by atoms with van der Waals surface area (Å²) in [4.78, 5) is 15.7. The van der Waals surface area contributed by atoms with E-state index in [1.54, 1.807) is 11.3 Å².